The van der Waals surface area contributed by atoms with Crippen molar-refractivity contribution < 1.29 is 0 Å². The van der Waals surface area contributed by atoms with Crippen molar-refractivity contribution in [2.24, 2.45) is 11.3 Å². The summed E-state index contributed by atoms with van der Waals surface area (Å²) >= 11 is 6.40. The highest BCUT2D eigenvalue weighted by Gasteiger charge is 2.44. The van der Waals surface area contributed by atoms with Crippen LogP contribution < -0.4 is 5.32 Å². The maximum Gasteiger partial charge on any atom is 0.0440 e. The molecule has 0 radical (unpaired) electrons. The fraction of sp³-hybridized carbons (Fsp3) is 0.625. The smallest absolute Gasteiger partial charge is 0.0440 e. The summed E-state index contributed by atoms with van der Waals surface area (Å²) in [6.45, 7) is 4.47. The molecule has 0 aromatic heterocycles. The van der Waals surface area contributed by atoms with Gasteiger partial charge in [0.05, 0.1) is 0 Å². The van der Waals surface area contributed by atoms with Crippen LogP contribution in [0.3, 0.4) is 0 Å². The Labute approximate surface area is 115 Å². The molecule has 1 saturated heterocycles. The Bertz CT molecular complexity index is 431. The normalized spacial score (nSPS) is 23.0. The van der Waals surface area contributed by atoms with Crippen LogP contribution in [0.1, 0.15) is 36.8 Å². The molecule has 1 heterocycles. The van der Waals surface area contributed by atoms with Gasteiger partial charge in [-0.25, -0.2) is 0 Å². The first-order valence-corrected chi connectivity index (χ1v) is 7.53. The van der Waals surface area contributed by atoms with Gasteiger partial charge in [0, 0.05) is 23.5 Å². The van der Waals surface area contributed by atoms with Crippen molar-refractivity contribution in [1.82, 2.24) is 5.32 Å². The summed E-state index contributed by atoms with van der Waals surface area (Å²) in [5.41, 5.74) is 3.09. The van der Waals surface area contributed by atoms with Gasteiger partial charge in [0.1, 0.15) is 0 Å². The van der Waals surface area contributed by atoms with Crippen molar-refractivity contribution >= 4 is 11.6 Å². The minimum Gasteiger partial charge on any atom is -0.315 e. The highest BCUT2D eigenvalue weighted by atomic mass is 35.5. The molecule has 2 aliphatic rings. The molecule has 0 atom stereocenters. The van der Waals surface area contributed by atoms with E-state index < -0.39 is 0 Å². The summed E-state index contributed by atoms with van der Waals surface area (Å²) in [5.74, 6) is 0.913. The summed E-state index contributed by atoms with van der Waals surface area (Å²) in [4.78, 5) is 0. The van der Waals surface area contributed by atoms with Crippen molar-refractivity contribution in [2.75, 3.05) is 13.1 Å². The van der Waals surface area contributed by atoms with E-state index in [-0.39, 0.29) is 0 Å². The van der Waals surface area contributed by atoms with Gasteiger partial charge in [0.15, 0.2) is 0 Å². The number of benzene rings is 1. The summed E-state index contributed by atoms with van der Waals surface area (Å²) in [6.07, 6.45) is 6.85. The van der Waals surface area contributed by atoms with Crippen LogP contribution in [0.15, 0.2) is 18.2 Å². The van der Waals surface area contributed by atoms with Crippen molar-refractivity contribution in [1.29, 1.82) is 0 Å². The molecule has 1 nitrogen and oxygen atoms in total. The third-order valence-electron chi connectivity index (χ3n) is 4.93. The molecule has 0 unspecified atom stereocenters. The fourth-order valence-electron chi connectivity index (χ4n) is 3.72. The molecule has 18 heavy (non-hydrogen) atoms. The second kappa shape index (κ2) is 4.86. The van der Waals surface area contributed by atoms with Crippen LogP contribution >= 0.6 is 11.6 Å². The molecule has 1 aliphatic heterocycles. The van der Waals surface area contributed by atoms with Crippen LogP contribution in [0.4, 0.5) is 0 Å². The van der Waals surface area contributed by atoms with Crippen LogP contribution in [-0.2, 0) is 6.42 Å². The van der Waals surface area contributed by atoms with Gasteiger partial charge >= 0.3 is 0 Å². The monoisotopic (exact) mass is 263 g/mol. The lowest BCUT2D eigenvalue weighted by Gasteiger charge is -2.48. The Morgan fingerprint density at radius 1 is 1.28 bits per heavy atom. The van der Waals surface area contributed by atoms with E-state index >= 15 is 0 Å². The molecule has 1 aromatic rings. The van der Waals surface area contributed by atoms with Gasteiger partial charge in [0.2, 0.25) is 0 Å². The van der Waals surface area contributed by atoms with Crippen molar-refractivity contribution in [2.45, 2.75) is 39.0 Å². The van der Waals surface area contributed by atoms with Crippen LogP contribution in [0, 0.1) is 18.3 Å². The van der Waals surface area contributed by atoms with Gasteiger partial charge in [0.25, 0.3) is 0 Å². The fourth-order valence-corrected chi connectivity index (χ4v) is 4.02. The Morgan fingerprint density at radius 2 is 2.00 bits per heavy atom. The van der Waals surface area contributed by atoms with E-state index in [4.69, 9.17) is 11.6 Å². The second-order valence-corrected chi connectivity index (χ2v) is 6.63. The summed E-state index contributed by atoms with van der Waals surface area (Å²) < 4.78 is 0. The quantitative estimate of drug-likeness (QED) is 0.870. The highest BCUT2D eigenvalue weighted by Crippen LogP contribution is 2.45. The van der Waals surface area contributed by atoms with E-state index in [1.165, 1.54) is 49.9 Å². The lowest BCUT2D eigenvalue weighted by Crippen LogP contribution is -2.58. The Hall–Kier alpha value is -0.530. The molecule has 1 N–H and O–H groups in total. The van der Waals surface area contributed by atoms with E-state index in [0.29, 0.717) is 5.41 Å². The van der Waals surface area contributed by atoms with Gasteiger partial charge in [-0.3, -0.25) is 0 Å². The van der Waals surface area contributed by atoms with Crippen molar-refractivity contribution in [3.05, 3.63) is 34.3 Å². The van der Waals surface area contributed by atoms with Crippen LogP contribution in [-0.4, -0.2) is 13.1 Å². The average Bonchev–Trinajstić information content (AvgIpc) is 2.79. The maximum atomic E-state index is 6.40. The average molecular weight is 264 g/mol. The number of rotatable bonds is 3. The van der Waals surface area contributed by atoms with Gasteiger partial charge in [-0.15, -0.1) is 0 Å². The van der Waals surface area contributed by atoms with Gasteiger partial charge in [-0.1, -0.05) is 36.6 Å². The first-order chi connectivity index (χ1) is 8.70. The first-order valence-electron chi connectivity index (χ1n) is 7.15. The molecule has 98 valence electrons. The lowest BCUT2D eigenvalue weighted by molar-refractivity contribution is 0.0812. The van der Waals surface area contributed by atoms with Crippen LogP contribution in [0.2, 0.25) is 5.02 Å². The van der Waals surface area contributed by atoms with Crippen molar-refractivity contribution in [3.63, 3.8) is 0 Å². The molecule has 2 heteroatoms. The maximum absolute atomic E-state index is 6.40. The summed E-state index contributed by atoms with van der Waals surface area (Å²) in [6, 6.07) is 6.52. The predicted octanol–water partition coefficient (Wildman–Crippen LogP) is 3.97. The summed E-state index contributed by atoms with van der Waals surface area (Å²) in [5, 5.41) is 4.44. The lowest BCUT2D eigenvalue weighted by atomic mass is 9.66. The zero-order valence-electron chi connectivity index (χ0n) is 11.1. The molecule has 2 fully saturated rings. The number of halogens is 1. The minimum absolute atomic E-state index is 0.495. The summed E-state index contributed by atoms with van der Waals surface area (Å²) in [7, 11) is 0. The standard InChI is InChI=1S/C16H22ClN/c1-12-6-7-13(15(17)8-12)9-16(10-18-11-16)14-4-2-3-5-14/h6-8,14,18H,2-5,9-11H2,1H3. The Kier molecular flexibility index (Phi) is 3.38. The number of hydrogen-bond acceptors (Lipinski definition) is 1. The second-order valence-electron chi connectivity index (χ2n) is 6.22. The minimum atomic E-state index is 0.495. The van der Waals surface area contributed by atoms with Crippen LogP contribution in [0.25, 0.3) is 0 Å². The Morgan fingerprint density at radius 3 is 2.56 bits per heavy atom. The molecule has 1 aliphatic carbocycles. The Balaban J connectivity index is 1.80. The zero-order chi connectivity index (χ0) is 12.6. The molecule has 1 aromatic carbocycles. The van der Waals surface area contributed by atoms with Gasteiger partial charge in [-0.2, -0.15) is 0 Å². The number of hydrogen-bond donors (Lipinski definition) is 1. The third kappa shape index (κ3) is 2.19. The SMILES string of the molecule is Cc1ccc(CC2(C3CCCC3)CNC2)c(Cl)c1. The topological polar surface area (TPSA) is 12.0 Å². The van der Waals surface area contributed by atoms with E-state index in [0.717, 1.165) is 17.4 Å². The van der Waals surface area contributed by atoms with E-state index in [9.17, 15) is 0 Å². The third-order valence-corrected chi connectivity index (χ3v) is 5.28. The molecule has 0 bridgehead atoms. The van der Waals surface area contributed by atoms with Crippen molar-refractivity contribution in [3.8, 4) is 0 Å². The molecular weight excluding hydrogens is 242 g/mol. The predicted molar refractivity (Wildman–Crippen MR) is 77.2 cm³/mol. The molecule has 0 spiro atoms. The molecule has 0 amide bonds. The molecule has 1 saturated carbocycles. The van der Waals surface area contributed by atoms with E-state index in [1.54, 1.807) is 0 Å². The molecule has 3 rings (SSSR count). The largest absolute Gasteiger partial charge is 0.315 e. The van der Waals surface area contributed by atoms with E-state index in [1.807, 2.05) is 0 Å². The molecular formula is C16H22ClN. The van der Waals surface area contributed by atoms with Gasteiger partial charge < -0.3 is 5.32 Å². The zero-order valence-corrected chi connectivity index (χ0v) is 11.9. The number of aryl methyl sites for hydroxylation is 1. The number of nitrogens with one attached hydrogen (secondary N) is 1. The van der Waals surface area contributed by atoms with E-state index in [2.05, 4.69) is 30.4 Å². The van der Waals surface area contributed by atoms with Gasteiger partial charge in [-0.05, 0) is 49.3 Å². The van der Waals surface area contributed by atoms with Crippen LogP contribution in [0.5, 0.6) is 0 Å². The highest BCUT2D eigenvalue weighted by molar-refractivity contribution is 6.31. The first kappa shape index (κ1) is 12.5.